The molecule has 2 heterocycles. The number of H-pyrrole nitrogens is 1. The summed E-state index contributed by atoms with van der Waals surface area (Å²) in [6.07, 6.45) is 0. The van der Waals surface area contributed by atoms with Crippen LogP contribution in [0.25, 0.3) is 33.6 Å². The van der Waals surface area contributed by atoms with Gasteiger partial charge in [0.25, 0.3) is 5.91 Å². The zero-order valence-corrected chi connectivity index (χ0v) is 15.3. The summed E-state index contributed by atoms with van der Waals surface area (Å²) < 4.78 is 5.47. The van der Waals surface area contributed by atoms with Crippen molar-refractivity contribution < 1.29 is 14.1 Å². The molecule has 8 nitrogen and oxygen atoms in total. The first kappa shape index (κ1) is 17.5. The van der Waals surface area contributed by atoms with Crippen molar-refractivity contribution in [3.63, 3.8) is 0 Å². The van der Waals surface area contributed by atoms with E-state index in [0.717, 1.165) is 10.9 Å². The Hall–Kier alpha value is -3.94. The monoisotopic (exact) mass is 375 g/mol. The van der Waals surface area contributed by atoms with E-state index < -0.39 is 5.91 Å². The Bertz CT molecular complexity index is 1190. The standard InChI is InChI=1S/C20H17N5O3/c1-25(2)20(27)12-5-3-11(4-6-12)15-10-17(28-24-15)18-14-8-7-13(19(21)26)9-16(14)22-23-18/h3-10H,1-2H3,(H2,21,26)(H,22,23). The van der Waals surface area contributed by atoms with E-state index in [-0.39, 0.29) is 5.91 Å². The highest BCUT2D eigenvalue weighted by Crippen LogP contribution is 2.30. The molecular weight excluding hydrogens is 358 g/mol. The van der Waals surface area contributed by atoms with E-state index in [0.29, 0.717) is 33.8 Å². The van der Waals surface area contributed by atoms with Gasteiger partial charge in [0.15, 0.2) is 5.76 Å². The van der Waals surface area contributed by atoms with Crippen LogP contribution in [0.4, 0.5) is 0 Å². The van der Waals surface area contributed by atoms with Crippen LogP contribution >= 0.6 is 0 Å². The number of primary amides is 1. The van der Waals surface area contributed by atoms with Crippen LogP contribution in [0.5, 0.6) is 0 Å². The van der Waals surface area contributed by atoms with Crippen LogP contribution in [0.15, 0.2) is 53.1 Å². The third-order valence-electron chi connectivity index (χ3n) is 4.42. The molecule has 4 aromatic rings. The van der Waals surface area contributed by atoms with Gasteiger partial charge in [-0.2, -0.15) is 5.10 Å². The quantitative estimate of drug-likeness (QED) is 0.568. The minimum absolute atomic E-state index is 0.0642. The molecule has 0 saturated heterocycles. The zero-order chi connectivity index (χ0) is 19.8. The number of benzene rings is 2. The maximum atomic E-state index is 12.0. The van der Waals surface area contributed by atoms with Gasteiger partial charge in [0, 0.05) is 42.2 Å². The van der Waals surface area contributed by atoms with Gasteiger partial charge in [-0.15, -0.1) is 0 Å². The molecule has 0 spiro atoms. The number of amides is 2. The zero-order valence-electron chi connectivity index (χ0n) is 15.3. The average Bonchev–Trinajstić information content (AvgIpc) is 3.33. The van der Waals surface area contributed by atoms with E-state index in [1.54, 1.807) is 50.5 Å². The predicted octanol–water partition coefficient (Wildman–Crippen LogP) is 2.69. The molecule has 0 radical (unpaired) electrons. The Morgan fingerprint density at radius 3 is 2.43 bits per heavy atom. The van der Waals surface area contributed by atoms with E-state index in [1.807, 2.05) is 12.1 Å². The number of carbonyl (C=O) groups is 2. The second kappa shape index (κ2) is 6.66. The molecule has 0 aliphatic heterocycles. The SMILES string of the molecule is CN(C)C(=O)c1ccc(-c2cc(-c3n[nH]c4cc(C(N)=O)ccc34)on2)cc1. The fraction of sp³-hybridized carbons (Fsp3) is 0.100. The number of hydrogen-bond donors (Lipinski definition) is 2. The molecule has 0 aliphatic carbocycles. The summed E-state index contributed by atoms with van der Waals surface area (Å²) >= 11 is 0. The number of fused-ring (bicyclic) bond motifs is 1. The van der Waals surface area contributed by atoms with Crippen LogP contribution in [0.2, 0.25) is 0 Å². The van der Waals surface area contributed by atoms with Gasteiger partial charge in [-0.05, 0) is 30.3 Å². The minimum atomic E-state index is -0.504. The molecule has 8 heteroatoms. The molecule has 0 aliphatic rings. The van der Waals surface area contributed by atoms with Crippen molar-refractivity contribution in [3.05, 3.63) is 59.7 Å². The Morgan fingerprint density at radius 1 is 1.04 bits per heavy atom. The van der Waals surface area contributed by atoms with Gasteiger partial charge in [0.1, 0.15) is 11.4 Å². The van der Waals surface area contributed by atoms with Crippen molar-refractivity contribution in [3.8, 4) is 22.7 Å². The summed E-state index contributed by atoms with van der Waals surface area (Å²) in [6.45, 7) is 0. The maximum absolute atomic E-state index is 12.0. The highest BCUT2D eigenvalue weighted by atomic mass is 16.5. The molecule has 0 saturated carbocycles. The molecule has 28 heavy (non-hydrogen) atoms. The van der Waals surface area contributed by atoms with Crippen molar-refractivity contribution >= 4 is 22.7 Å². The molecule has 0 unspecified atom stereocenters. The summed E-state index contributed by atoms with van der Waals surface area (Å²) in [5, 5.41) is 12.0. The van der Waals surface area contributed by atoms with Crippen LogP contribution in [0.3, 0.4) is 0 Å². The van der Waals surface area contributed by atoms with Crippen molar-refractivity contribution in [1.82, 2.24) is 20.3 Å². The highest BCUT2D eigenvalue weighted by molar-refractivity contribution is 6.00. The van der Waals surface area contributed by atoms with E-state index in [4.69, 9.17) is 10.3 Å². The average molecular weight is 375 g/mol. The lowest BCUT2D eigenvalue weighted by molar-refractivity contribution is 0.0827. The van der Waals surface area contributed by atoms with Gasteiger partial charge in [-0.25, -0.2) is 0 Å². The van der Waals surface area contributed by atoms with Gasteiger partial charge < -0.3 is 15.2 Å². The van der Waals surface area contributed by atoms with Crippen LogP contribution in [-0.4, -0.2) is 46.2 Å². The second-order valence-electron chi connectivity index (χ2n) is 6.55. The summed E-state index contributed by atoms with van der Waals surface area (Å²) in [5.74, 6) is -0.0802. The van der Waals surface area contributed by atoms with Crippen molar-refractivity contribution in [2.75, 3.05) is 14.1 Å². The molecule has 0 bridgehead atoms. The summed E-state index contributed by atoms with van der Waals surface area (Å²) in [6, 6.07) is 14.0. The number of aromatic amines is 1. The van der Waals surface area contributed by atoms with Crippen LogP contribution in [-0.2, 0) is 0 Å². The summed E-state index contributed by atoms with van der Waals surface area (Å²) in [7, 11) is 3.42. The van der Waals surface area contributed by atoms with Crippen LogP contribution in [0, 0.1) is 0 Å². The topological polar surface area (TPSA) is 118 Å². The smallest absolute Gasteiger partial charge is 0.253 e. The van der Waals surface area contributed by atoms with E-state index in [9.17, 15) is 9.59 Å². The normalized spacial score (nSPS) is 10.9. The lowest BCUT2D eigenvalue weighted by atomic mass is 10.1. The van der Waals surface area contributed by atoms with Gasteiger partial charge in [0.05, 0.1) is 5.52 Å². The van der Waals surface area contributed by atoms with Crippen molar-refractivity contribution in [2.45, 2.75) is 0 Å². The third-order valence-corrected chi connectivity index (χ3v) is 4.42. The highest BCUT2D eigenvalue weighted by Gasteiger charge is 2.16. The number of hydrogen-bond acceptors (Lipinski definition) is 5. The molecule has 2 aromatic heterocycles. The molecular formula is C20H17N5O3. The molecule has 3 N–H and O–H groups in total. The molecule has 140 valence electrons. The number of nitrogens with zero attached hydrogens (tertiary/aromatic N) is 3. The van der Waals surface area contributed by atoms with E-state index in [2.05, 4.69) is 15.4 Å². The number of nitrogens with one attached hydrogen (secondary N) is 1. The summed E-state index contributed by atoms with van der Waals surface area (Å²) in [5.41, 5.74) is 9.02. The van der Waals surface area contributed by atoms with Crippen LogP contribution < -0.4 is 5.73 Å². The number of carbonyl (C=O) groups excluding carboxylic acids is 2. The number of nitrogens with two attached hydrogens (primary N) is 1. The second-order valence-corrected chi connectivity index (χ2v) is 6.55. The Morgan fingerprint density at radius 2 is 1.75 bits per heavy atom. The first-order valence-electron chi connectivity index (χ1n) is 8.51. The van der Waals surface area contributed by atoms with Gasteiger partial charge >= 0.3 is 0 Å². The van der Waals surface area contributed by atoms with E-state index in [1.165, 1.54) is 4.90 Å². The fourth-order valence-electron chi connectivity index (χ4n) is 2.93. The van der Waals surface area contributed by atoms with Crippen molar-refractivity contribution in [2.24, 2.45) is 5.73 Å². The third kappa shape index (κ3) is 3.01. The predicted molar refractivity (Wildman–Crippen MR) is 104 cm³/mol. The lowest BCUT2D eigenvalue weighted by Crippen LogP contribution is -2.21. The molecule has 0 fully saturated rings. The molecule has 2 amide bonds. The van der Waals surface area contributed by atoms with Gasteiger partial charge in [-0.3, -0.25) is 14.7 Å². The van der Waals surface area contributed by atoms with Crippen LogP contribution in [0.1, 0.15) is 20.7 Å². The summed E-state index contributed by atoms with van der Waals surface area (Å²) in [4.78, 5) is 24.8. The Balaban J connectivity index is 1.65. The Kier molecular flexibility index (Phi) is 4.15. The first-order chi connectivity index (χ1) is 13.4. The number of aromatic nitrogens is 3. The maximum Gasteiger partial charge on any atom is 0.253 e. The van der Waals surface area contributed by atoms with Crippen molar-refractivity contribution in [1.29, 1.82) is 0 Å². The van der Waals surface area contributed by atoms with Gasteiger partial charge in [0.2, 0.25) is 5.91 Å². The largest absolute Gasteiger partial charge is 0.366 e. The van der Waals surface area contributed by atoms with E-state index >= 15 is 0 Å². The number of rotatable bonds is 4. The Labute approximate surface area is 159 Å². The first-order valence-corrected chi connectivity index (χ1v) is 8.51. The minimum Gasteiger partial charge on any atom is -0.366 e. The van der Waals surface area contributed by atoms with Gasteiger partial charge in [-0.1, -0.05) is 17.3 Å². The molecule has 2 aromatic carbocycles. The lowest BCUT2D eigenvalue weighted by Gasteiger charge is -2.09. The molecule has 0 atom stereocenters. The fourth-order valence-corrected chi connectivity index (χ4v) is 2.93. The molecule has 4 rings (SSSR count).